The van der Waals surface area contributed by atoms with E-state index in [1.807, 2.05) is 179 Å². The maximum absolute atomic E-state index is 11.0. The average Bonchev–Trinajstić information content (AvgIpc) is 1.65. The third kappa shape index (κ3) is 16.5. The fourth-order valence-corrected chi connectivity index (χ4v) is 12.0. The van der Waals surface area contributed by atoms with Gasteiger partial charge < -0.3 is 44.5 Å². The number of imide groups is 1. The van der Waals surface area contributed by atoms with Gasteiger partial charge in [-0.3, -0.25) is 4.79 Å². The van der Waals surface area contributed by atoms with Crippen LogP contribution in [-0.4, -0.2) is 41.3 Å². The topological polar surface area (TPSA) is 127 Å². The first-order valence-corrected chi connectivity index (χ1v) is 32.6. The zero-order valence-corrected chi connectivity index (χ0v) is 64.0. The molecule has 5 aliphatic heterocycles. The summed E-state index contributed by atoms with van der Waals surface area (Å²) < 4.78 is 2.94. The number of urea groups is 1. The maximum atomic E-state index is 11.0. The van der Waals surface area contributed by atoms with Crippen molar-refractivity contribution in [2.24, 2.45) is 0 Å². The summed E-state index contributed by atoms with van der Waals surface area (Å²) in [7, 11) is 0. The van der Waals surface area contributed by atoms with Crippen LogP contribution >= 0.6 is 65.0 Å². The predicted molar refractivity (Wildman–Crippen MR) is 402 cm³/mol. The maximum Gasteiger partial charge on any atom is 0.335 e. The largest absolute Gasteiger partial charge is 0.493 e. The van der Waals surface area contributed by atoms with E-state index < -0.39 is 11.6 Å². The van der Waals surface area contributed by atoms with Crippen LogP contribution in [-0.2, 0) is 45.0 Å². The van der Waals surface area contributed by atoms with Crippen molar-refractivity contribution in [3.05, 3.63) is 339 Å². The molecule has 502 valence electrons. The Balaban J connectivity index is 0.000000135. The quantitative estimate of drug-likeness (QED) is 0.0881. The van der Waals surface area contributed by atoms with Gasteiger partial charge in [0.15, 0.2) is 0 Å². The number of carbonyl (C=O) groups is 2. The molecule has 0 aliphatic carbocycles. The monoisotopic (exact) mass is 1910 g/mol. The number of fused-ring (bicyclic) bond motifs is 4. The summed E-state index contributed by atoms with van der Waals surface area (Å²) in [4.78, 5) is 56.4. The summed E-state index contributed by atoms with van der Waals surface area (Å²) in [5.74, 6) is 2.96. The van der Waals surface area contributed by atoms with Gasteiger partial charge in [-0.25, -0.2) is 24.7 Å². The van der Waals surface area contributed by atoms with Gasteiger partial charge in [0.1, 0.15) is 28.8 Å². The second-order valence-electron chi connectivity index (χ2n) is 22.1. The van der Waals surface area contributed by atoms with E-state index in [0.29, 0.717) is 0 Å². The van der Waals surface area contributed by atoms with Gasteiger partial charge in [0.2, 0.25) is 0 Å². The molecule has 1 saturated heterocycles. The molecule has 0 atom stereocenters. The number of benzene rings is 10. The van der Waals surface area contributed by atoms with E-state index in [2.05, 4.69) is 240 Å². The first-order valence-electron chi connectivity index (χ1n) is 30.3. The second kappa shape index (κ2) is 33.6. The molecular weight excluding hydrogens is 1860 g/mol. The van der Waals surface area contributed by atoms with Crippen LogP contribution in [0.5, 0.6) is 0 Å². The van der Waals surface area contributed by atoms with Gasteiger partial charge in [0, 0.05) is 110 Å². The van der Waals surface area contributed by atoms with Gasteiger partial charge in [-0.1, -0.05) is 138 Å². The number of rotatable bonds is 8. The Bertz CT molecular complexity index is 4230. The van der Waals surface area contributed by atoms with E-state index in [1.54, 1.807) is 38.6 Å². The number of hydrogen-bond donors (Lipinski definition) is 1. The third-order valence-electron chi connectivity index (χ3n) is 15.3. The van der Waals surface area contributed by atoms with Gasteiger partial charge in [0.25, 0.3) is 5.91 Å². The number of para-hydroxylation sites is 10. The number of aromatic nitrogens is 4. The average molecular weight is 1920 g/mol. The van der Waals surface area contributed by atoms with Crippen LogP contribution in [0.15, 0.2) is 289 Å². The molecule has 7 heterocycles. The Morgan fingerprint density at radius 3 is 0.990 bits per heavy atom. The van der Waals surface area contributed by atoms with Crippen LogP contribution in [0.4, 0.5) is 96.3 Å². The second-order valence-corrected chi connectivity index (χ2v) is 24.6. The van der Waals surface area contributed by atoms with Crippen molar-refractivity contribution in [1.29, 1.82) is 0 Å². The normalized spacial score (nSPS) is 13.9. The van der Waals surface area contributed by atoms with E-state index in [-0.39, 0.29) is 63.1 Å². The Labute approximate surface area is 639 Å². The Morgan fingerprint density at radius 1 is 0.364 bits per heavy atom. The molecule has 1 fully saturated rings. The SMILES string of the molecule is Br.Brc1cc[c-]c(N2[CH-]N(c3ccccc3)c3ccccc32)c1.Brc1cc[c-]c(N2[CH-]N(c3ccccc3)c3nccnc32)c1.CC1(C)NC(=O)N(Br)C1=O.[Ir].[Ir].[c-]1ccccc1N1[CH-]N(c2ccccc2)c2ccccc21.[c-]1ccccc1N1[CH-]N(c2ccccc2)c2nccnc21. The molecule has 17 rings (SSSR count). The molecule has 0 unspecified atom stereocenters. The van der Waals surface area contributed by atoms with Crippen LogP contribution in [0, 0.1) is 50.9 Å². The zero-order chi connectivity index (χ0) is 66.0. The number of nitrogens with zero attached hydrogens (tertiary/aromatic N) is 13. The molecule has 99 heavy (non-hydrogen) atoms. The van der Waals surface area contributed by atoms with Gasteiger partial charge >= 0.3 is 6.03 Å². The molecule has 2 radical (unpaired) electrons. The smallest absolute Gasteiger partial charge is 0.335 e. The van der Waals surface area contributed by atoms with E-state index in [0.717, 1.165) is 87.3 Å². The van der Waals surface area contributed by atoms with Crippen molar-refractivity contribution < 1.29 is 49.8 Å². The third-order valence-corrected chi connectivity index (χ3v) is 17.0. The van der Waals surface area contributed by atoms with E-state index in [1.165, 1.54) is 17.1 Å². The molecule has 16 nitrogen and oxygen atoms in total. The standard InChI is InChI=1S/C19H13BrN2.C19H14N2.C17H11BrN4.C17H12N4.C5H7BrN2O2.BrH.2Ir/c20-15-7-6-10-17(13-15)22-14-21(16-8-2-1-3-9-16)18-11-4-5-12-19(18)22;1-3-9-16(10-4-1)20-15-21(17-11-5-2-6-12-17)19-14-8-7-13-18(19)20;18-13-5-4-8-15(11-13)22-12-21(14-6-2-1-3-7-14)16-17(22)20-10-9-19-16;1-3-7-14(8-4-1)20-13-21(15-9-5-2-6-10-15)17-16(20)18-11-12-19-17;1-5(2)3(9)8(6)4(10)7-5;;;/h1-9,11-14H;1-11,13-15H;1-7,9-12H;1-9,11-13H;1-2H3,(H,7,10);1H;;/q4*-2;;;;. The Morgan fingerprint density at radius 2 is 0.657 bits per heavy atom. The van der Waals surface area contributed by atoms with Gasteiger partial charge in [-0.15, -0.1) is 78.5 Å². The number of hydrogen-bond acceptors (Lipinski definition) is 14. The van der Waals surface area contributed by atoms with Crippen LogP contribution in [0.25, 0.3) is 0 Å². The molecule has 22 heteroatoms. The van der Waals surface area contributed by atoms with E-state index in [4.69, 9.17) is 0 Å². The molecule has 0 bridgehead atoms. The minimum Gasteiger partial charge on any atom is -0.493 e. The molecule has 2 aromatic heterocycles. The molecular formula is C77H58Br4Ir2N14O2-8. The summed E-state index contributed by atoms with van der Waals surface area (Å²) >= 11 is 9.85. The van der Waals surface area contributed by atoms with Crippen molar-refractivity contribution in [2.45, 2.75) is 19.4 Å². The van der Waals surface area contributed by atoms with E-state index in [9.17, 15) is 9.59 Å². The van der Waals surface area contributed by atoms with Gasteiger partial charge in [0.05, 0.1) is 16.1 Å². The fourth-order valence-electron chi connectivity index (χ4n) is 10.8. The molecule has 0 saturated carbocycles. The van der Waals surface area contributed by atoms with Gasteiger partial charge in [-0.2, -0.15) is 101 Å². The minimum atomic E-state index is -0.763. The van der Waals surface area contributed by atoms with Crippen LogP contribution in [0.3, 0.4) is 0 Å². The summed E-state index contributed by atoms with van der Waals surface area (Å²) in [6.07, 6.45) is 6.82. The molecule has 10 aromatic carbocycles. The first-order chi connectivity index (χ1) is 47.0. The fraction of sp³-hybridized carbons (Fsp3) is 0.0390. The Hall–Kier alpha value is -9.08. The molecule has 3 amide bonds. The van der Waals surface area contributed by atoms with Crippen LogP contribution in [0.1, 0.15) is 13.8 Å². The molecule has 0 spiro atoms. The summed E-state index contributed by atoms with van der Waals surface area (Å²) in [6, 6.07) is 98.1. The van der Waals surface area contributed by atoms with Crippen molar-refractivity contribution >= 4 is 168 Å². The number of halogens is 4. The van der Waals surface area contributed by atoms with E-state index >= 15 is 0 Å². The van der Waals surface area contributed by atoms with Crippen molar-refractivity contribution in [2.75, 3.05) is 39.2 Å². The number of carbonyl (C=O) groups excluding carboxylic acids is 2. The Kier molecular flexibility index (Phi) is 24.7. The summed E-state index contributed by atoms with van der Waals surface area (Å²) in [6.45, 7) is 11.5. The zero-order valence-electron chi connectivity index (χ0n) is 52.7. The van der Waals surface area contributed by atoms with Crippen LogP contribution in [0.2, 0.25) is 0 Å². The van der Waals surface area contributed by atoms with Crippen molar-refractivity contribution in [1.82, 2.24) is 29.2 Å². The van der Waals surface area contributed by atoms with Gasteiger partial charge in [-0.05, 0) is 86.6 Å². The number of amides is 3. The molecule has 1 N–H and O–H groups in total. The van der Waals surface area contributed by atoms with Crippen LogP contribution < -0.4 is 44.5 Å². The number of anilines is 16. The number of nitrogens with one attached hydrogen (secondary N) is 1. The summed E-state index contributed by atoms with van der Waals surface area (Å²) in [5, 5.41) is 2.48. The summed E-state index contributed by atoms with van der Waals surface area (Å²) in [5.41, 5.74) is 12.2. The predicted octanol–water partition coefficient (Wildman–Crippen LogP) is 19.9. The molecule has 12 aromatic rings. The first kappa shape index (κ1) is 72.7. The van der Waals surface area contributed by atoms with Crippen molar-refractivity contribution in [3.8, 4) is 0 Å². The van der Waals surface area contributed by atoms with Crippen molar-refractivity contribution in [3.63, 3.8) is 0 Å². The molecule has 5 aliphatic rings. The minimum absolute atomic E-state index is 0.